The highest BCUT2D eigenvalue weighted by atomic mass is 14.4. The molecule has 0 N–H and O–H groups in total. The molecule has 1 unspecified atom stereocenters. The third-order valence-corrected chi connectivity index (χ3v) is 8.58. The van der Waals surface area contributed by atoms with Crippen LogP contribution in [0.15, 0.2) is 106 Å². The predicted molar refractivity (Wildman–Crippen MR) is 180 cm³/mol. The number of hydrogen-bond acceptors (Lipinski definition) is 0. The Balaban J connectivity index is 1.88. The maximum absolute atomic E-state index is 3.25. The summed E-state index contributed by atoms with van der Waals surface area (Å²) in [7, 11) is 0. The summed E-state index contributed by atoms with van der Waals surface area (Å²) in [4.78, 5) is 0. The Bertz CT molecular complexity index is 1210. The Labute approximate surface area is 248 Å². The van der Waals surface area contributed by atoms with Gasteiger partial charge in [0, 0.05) is 0 Å². The minimum Gasteiger partial charge on any atom is -0.0805 e. The molecule has 216 valence electrons. The van der Waals surface area contributed by atoms with Gasteiger partial charge in [0.15, 0.2) is 0 Å². The topological polar surface area (TPSA) is 0 Å². The Morgan fingerprint density at radius 3 is 2.25 bits per heavy atom. The molecule has 0 saturated heterocycles. The molecule has 0 aliphatic heterocycles. The zero-order chi connectivity index (χ0) is 29.8. The van der Waals surface area contributed by atoms with Crippen molar-refractivity contribution in [3.8, 4) is 11.8 Å². The SMILES string of the molecule is CC1=C(/C=C/C(C)=C/C#C/C(C)=C/C=C/C=C(C)/C=C/C=C(\C)C/C=C2/C(C)CCCC2(C)C)C(C)(C)CCC1. The smallest absolute Gasteiger partial charge is 0.000724 e. The zero-order valence-corrected chi connectivity index (χ0v) is 27.4. The molecule has 2 rings (SSSR count). The summed E-state index contributed by atoms with van der Waals surface area (Å²) in [5.74, 6) is 7.18. The molecule has 1 saturated carbocycles. The molecule has 0 bridgehead atoms. The van der Waals surface area contributed by atoms with E-state index >= 15 is 0 Å². The predicted octanol–water partition coefficient (Wildman–Crippen LogP) is 12.1. The van der Waals surface area contributed by atoms with Crippen molar-refractivity contribution < 1.29 is 0 Å². The molecule has 0 aromatic heterocycles. The molecule has 0 amide bonds. The van der Waals surface area contributed by atoms with Crippen molar-refractivity contribution in [2.75, 3.05) is 0 Å². The minimum absolute atomic E-state index is 0.275. The molecule has 0 heteroatoms. The van der Waals surface area contributed by atoms with Crippen molar-refractivity contribution in [3.63, 3.8) is 0 Å². The highest BCUT2D eigenvalue weighted by Gasteiger charge is 2.30. The molecule has 0 aromatic carbocycles. The third-order valence-electron chi connectivity index (χ3n) is 8.58. The van der Waals surface area contributed by atoms with Gasteiger partial charge in [-0.2, -0.15) is 0 Å². The molecule has 0 nitrogen and oxygen atoms in total. The fourth-order valence-corrected chi connectivity index (χ4v) is 6.04. The average molecular weight is 537 g/mol. The van der Waals surface area contributed by atoms with Gasteiger partial charge in [0.1, 0.15) is 0 Å². The maximum Gasteiger partial charge on any atom is -0.000724 e. The monoisotopic (exact) mass is 536 g/mol. The lowest BCUT2D eigenvalue weighted by Gasteiger charge is -2.37. The summed E-state index contributed by atoms with van der Waals surface area (Å²) in [5, 5.41) is 0. The molecule has 1 fully saturated rings. The molecular weight excluding hydrogens is 480 g/mol. The highest BCUT2D eigenvalue weighted by Crippen LogP contribution is 2.43. The number of hydrogen-bond donors (Lipinski definition) is 0. The van der Waals surface area contributed by atoms with E-state index in [0.717, 1.165) is 17.9 Å². The molecule has 0 radical (unpaired) electrons. The van der Waals surface area contributed by atoms with Gasteiger partial charge in [-0.15, -0.1) is 0 Å². The van der Waals surface area contributed by atoms with Crippen LogP contribution >= 0.6 is 0 Å². The lowest BCUT2D eigenvalue weighted by Crippen LogP contribution is -2.24. The van der Waals surface area contributed by atoms with Crippen LogP contribution in [-0.2, 0) is 0 Å². The molecule has 0 spiro atoms. The first kappa shape index (κ1) is 33.4. The Morgan fingerprint density at radius 2 is 1.55 bits per heavy atom. The molecule has 2 aliphatic rings. The number of rotatable bonds is 8. The van der Waals surface area contributed by atoms with Gasteiger partial charge in [-0.25, -0.2) is 0 Å². The van der Waals surface area contributed by atoms with Crippen LogP contribution in [0.2, 0.25) is 0 Å². The summed E-state index contributed by atoms with van der Waals surface area (Å²) in [6, 6.07) is 0. The van der Waals surface area contributed by atoms with Gasteiger partial charge in [-0.1, -0.05) is 136 Å². The van der Waals surface area contributed by atoms with Gasteiger partial charge < -0.3 is 0 Å². The molecule has 1 atom stereocenters. The van der Waals surface area contributed by atoms with Crippen molar-refractivity contribution in [1.82, 2.24) is 0 Å². The second-order valence-electron chi connectivity index (χ2n) is 13.5. The van der Waals surface area contributed by atoms with Crippen molar-refractivity contribution in [2.24, 2.45) is 16.7 Å². The van der Waals surface area contributed by atoms with Crippen LogP contribution in [0.3, 0.4) is 0 Å². The van der Waals surface area contributed by atoms with Crippen molar-refractivity contribution in [2.45, 2.75) is 114 Å². The van der Waals surface area contributed by atoms with Gasteiger partial charge in [0.2, 0.25) is 0 Å². The molecular formula is C40H56. The van der Waals surface area contributed by atoms with Crippen LogP contribution < -0.4 is 0 Å². The standard InChI is InChI=1S/C40H56/c1-31(19-13-21-33(3)25-27-37-35(5)23-15-29-39(37,7)8)17-11-12-18-32(2)20-14-22-34(4)26-28-38-36(6)24-16-30-40(38,9)10/h11-13,17-19,21-22,26-28,35H,15-16,23-25,29-30H2,1-10H3/b12-11+,19-13+,28-26+,31-17+,32-18+,33-21+,34-22+,37-27-. The van der Waals surface area contributed by atoms with E-state index in [9.17, 15) is 0 Å². The van der Waals surface area contributed by atoms with Crippen molar-refractivity contribution in [1.29, 1.82) is 0 Å². The first-order valence-electron chi connectivity index (χ1n) is 15.4. The van der Waals surface area contributed by atoms with E-state index in [0.29, 0.717) is 5.41 Å². The van der Waals surface area contributed by atoms with Crippen LogP contribution in [0.5, 0.6) is 0 Å². The van der Waals surface area contributed by atoms with Crippen LogP contribution in [0, 0.1) is 28.6 Å². The maximum atomic E-state index is 3.25. The Morgan fingerprint density at radius 1 is 0.850 bits per heavy atom. The second kappa shape index (κ2) is 15.9. The second-order valence-corrected chi connectivity index (χ2v) is 13.5. The fourth-order valence-electron chi connectivity index (χ4n) is 6.04. The van der Waals surface area contributed by atoms with E-state index in [1.807, 2.05) is 6.08 Å². The average Bonchev–Trinajstić information content (AvgIpc) is 2.85. The largest absolute Gasteiger partial charge is 0.0805 e. The Hall–Kier alpha value is -2.78. The highest BCUT2D eigenvalue weighted by molar-refractivity contribution is 5.40. The fraction of sp³-hybridized carbons (Fsp3) is 0.500. The first-order chi connectivity index (χ1) is 18.8. The van der Waals surface area contributed by atoms with Crippen molar-refractivity contribution >= 4 is 0 Å². The summed E-state index contributed by atoms with van der Waals surface area (Å²) in [5.41, 5.74) is 10.2. The Kier molecular flexibility index (Phi) is 13.3. The van der Waals surface area contributed by atoms with Crippen molar-refractivity contribution in [3.05, 3.63) is 106 Å². The van der Waals surface area contributed by atoms with E-state index in [2.05, 4.69) is 142 Å². The van der Waals surface area contributed by atoms with E-state index < -0.39 is 0 Å². The quantitative estimate of drug-likeness (QED) is 0.164. The van der Waals surface area contributed by atoms with Crippen LogP contribution in [0.4, 0.5) is 0 Å². The zero-order valence-electron chi connectivity index (χ0n) is 27.4. The van der Waals surface area contributed by atoms with Gasteiger partial charge in [0.25, 0.3) is 0 Å². The minimum atomic E-state index is 0.275. The lowest BCUT2D eigenvalue weighted by molar-refractivity contribution is 0.288. The van der Waals surface area contributed by atoms with Crippen LogP contribution in [-0.4, -0.2) is 0 Å². The van der Waals surface area contributed by atoms with E-state index in [4.69, 9.17) is 0 Å². The van der Waals surface area contributed by atoms with Gasteiger partial charge in [-0.3, -0.25) is 0 Å². The summed E-state index contributed by atoms with van der Waals surface area (Å²) in [6.07, 6.45) is 32.9. The van der Waals surface area contributed by atoms with Crippen LogP contribution in [0.1, 0.15) is 114 Å². The van der Waals surface area contributed by atoms with E-state index in [-0.39, 0.29) is 5.41 Å². The molecule has 0 aromatic rings. The van der Waals surface area contributed by atoms with Crippen LogP contribution in [0.25, 0.3) is 0 Å². The van der Waals surface area contributed by atoms with Gasteiger partial charge >= 0.3 is 0 Å². The third kappa shape index (κ3) is 11.4. The number of allylic oxidation sites excluding steroid dienone is 18. The van der Waals surface area contributed by atoms with E-state index in [1.54, 1.807) is 5.57 Å². The molecule has 40 heavy (non-hydrogen) atoms. The normalized spacial score (nSPS) is 23.9. The summed E-state index contributed by atoms with van der Waals surface area (Å²) >= 11 is 0. The van der Waals surface area contributed by atoms with E-state index in [1.165, 1.54) is 66.4 Å². The first-order valence-corrected chi connectivity index (χ1v) is 15.4. The van der Waals surface area contributed by atoms with Gasteiger partial charge in [-0.05, 0) is 113 Å². The summed E-state index contributed by atoms with van der Waals surface area (Å²) in [6.45, 7) is 22.8. The van der Waals surface area contributed by atoms with Gasteiger partial charge in [0.05, 0.1) is 0 Å². The summed E-state index contributed by atoms with van der Waals surface area (Å²) < 4.78 is 0. The lowest BCUT2D eigenvalue weighted by atomic mass is 9.68. The molecule has 0 heterocycles. The molecule has 2 aliphatic carbocycles.